The third-order valence-electron chi connectivity index (χ3n) is 5.33. The third kappa shape index (κ3) is 4.39. The van der Waals surface area contributed by atoms with E-state index >= 15 is 0 Å². The van der Waals surface area contributed by atoms with Crippen LogP contribution in [0.5, 0.6) is 0 Å². The Morgan fingerprint density at radius 1 is 0.448 bits per heavy atom. The molecule has 0 saturated heterocycles. The molecule has 142 valence electrons. The van der Waals surface area contributed by atoms with Crippen LogP contribution < -0.4 is 15.9 Å². The summed E-state index contributed by atoms with van der Waals surface area (Å²) in [6.07, 6.45) is 6.73. The quantitative estimate of drug-likeness (QED) is 0.276. The van der Waals surface area contributed by atoms with Crippen molar-refractivity contribution in [3.05, 3.63) is 139 Å². The van der Waals surface area contributed by atoms with Crippen LogP contribution in [-0.2, 0) is 6.42 Å². The smallest absolute Gasteiger partial charge is 0.0805 e. The SMILES string of the molecule is C(=C/C[P+](c1ccccc1)(c1ccccc1)c1ccccc1)/Cc1ccccc1. The second-order valence-corrected chi connectivity index (χ2v) is 10.7. The number of benzene rings is 4. The van der Waals surface area contributed by atoms with Gasteiger partial charge in [0.25, 0.3) is 0 Å². The van der Waals surface area contributed by atoms with Crippen LogP contribution in [0.3, 0.4) is 0 Å². The Balaban J connectivity index is 1.77. The fourth-order valence-electron chi connectivity index (χ4n) is 3.88. The van der Waals surface area contributed by atoms with E-state index in [1.807, 2.05) is 0 Å². The summed E-state index contributed by atoms with van der Waals surface area (Å²) in [5.41, 5.74) is 1.35. The molecule has 4 aromatic carbocycles. The van der Waals surface area contributed by atoms with Crippen LogP contribution in [0.25, 0.3) is 0 Å². The first-order valence-corrected chi connectivity index (χ1v) is 12.1. The molecule has 0 amide bonds. The Bertz CT molecular complexity index is 926. The van der Waals surface area contributed by atoms with Gasteiger partial charge in [-0.15, -0.1) is 0 Å². The molecular formula is C28H26P+. The molecule has 4 rings (SSSR count). The average Bonchev–Trinajstić information content (AvgIpc) is 2.82. The lowest BCUT2D eigenvalue weighted by molar-refractivity contribution is 1.26. The summed E-state index contributed by atoms with van der Waals surface area (Å²) in [5.74, 6) is 0. The van der Waals surface area contributed by atoms with Gasteiger partial charge in [0.05, 0.1) is 6.16 Å². The minimum absolute atomic E-state index is 0.971. The highest BCUT2D eigenvalue weighted by Crippen LogP contribution is 2.55. The molecule has 0 aliphatic rings. The average molecular weight is 393 g/mol. The standard InChI is InChI=1S/C28H26P/c1-5-15-25(16-6-1)17-13-14-24-29(26-18-7-2-8-19-26,27-20-9-3-10-21-27)28-22-11-4-12-23-28/h1-16,18-23H,17,24H2/q+1/b14-13-. The van der Waals surface area contributed by atoms with Gasteiger partial charge in [-0.2, -0.15) is 0 Å². The molecule has 0 aromatic heterocycles. The van der Waals surface area contributed by atoms with Crippen molar-refractivity contribution >= 4 is 23.2 Å². The summed E-state index contributed by atoms with van der Waals surface area (Å²) >= 11 is 0. The van der Waals surface area contributed by atoms with Gasteiger partial charge >= 0.3 is 0 Å². The molecule has 0 aliphatic heterocycles. The van der Waals surface area contributed by atoms with E-state index in [0.717, 1.165) is 12.6 Å². The normalized spacial score (nSPS) is 11.6. The van der Waals surface area contributed by atoms with Crippen molar-refractivity contribution in [3.63, 3.8) is 0 Å². The fraction of sp³-hybridized carbons (Fsp3) is 0.0714. The van der Waals surface area contributed by atoms with Crippen LogP contribution in [0.1, 0.15) is 5.56 Å². The molecule has 0 spiro atoms. The van der Waals surface area contributed by atoms with Gasteiger partial charge < -0.3 is 0 Å². The molecule has 0 saturated carbocycles. The van der Waals surface area contributed by atoms with Crippen LogP contribution in [0.2, 0.25) is 0 Å². The molecule has 0 N–H and O–H groups in total. The first kappa shape index (κ1) is 19.4. The highest BCUT2D eigenvalue weighted by Gasteiger charge is 2.43. The van der Waals surface area contributed by atoms with Gasteiger partial charge in [-0.05, 0) is 48.4 Å². The van der Waals surface area contributed by atoms with Crippen molar-refractivity contribution < 1.29 is 0 Å². The predicted octanol–water partition coefficient (Wildman–Crippen LogP) is 5.78. The zero-order valence-electron chi connectivity index (χ0n) is 16.6. The summed E-state index contributed by atoms with van der Waals surface area (Å²) in [7, 11) is -1.76. The second-order valence-electron chi connectivity index (χ2n) is 7.16. The molecular weight excluding hydrogens is 367 g/mol. The molecule has 29 heavy (non-hydrogen) atoms. The van der Waals surface area contributed by atoms with E-state index in [2.05, 4.69) is 133 Å². The predicted molar refractivity (Wildman–Crippen MR) is 129 cm³/mol. The van der Waals surface area contributed by atoms with Gasteiger partial charge in [0.2, 0.25) is 0 Å². The largest absolute Gasteiger partial charge is 0.115 e. The third-order valence-corrected chi connectivity index (χ3v) is 9.63. The van der Waals surface area contributed by atoms with Crippen LogP contribution in [0, 0.1) is 0 Å². The number of hydrogen-bond donors (Lipinski definition) is 0. The lowest BCUT2D eigenvalue weighted by Gasteiger charge is -2.26. The number of rotatable bonds is 7. The first-order valence-electron chi connectivity index (χ1n) is 10.1. The van der Waals surface area contributed by atoms with Crippen molar-refractivity contribution in [2.45, 2.75) is 6.42 Å². The zero-order valence-corrected chi connectivity index (χ0v) is 17.5. The molecule has 4 aromatic rings. The zero-order chi connectivity index (χ0) is 19.8. The number of allylic oxidation sites excluding steroid dienone is 2. The maximum atomic E-state index is 2.40. The Kier molecular flexibility index (Phi) is 6.35. The van der Waals surface area contributed by atoms with Crippen molar-refractivity contribution in [3.8, 4) is 0 Å². The molecule has 0 aliphatic carbocycles. The summed E-state index contributed by atoms with van der Waals surface area (Å²) in [6, 6.07) is 43.9. The van der Waals surface area contributed by atoms with Gasteiger partial charge in [-0.1, -0.05) is 97.1 Å². The topological polar surface area (TPSA) is 0 Å². The van der Waals surface area contributed by atoms with Crippen LogP contribution >= 0.6 is 7.26 Å². The summed E-state index contributed by atoms with van der Waals surface area (Å²) in [6.45, 7) is 0. The van der Waals surface area contributed by atoms with Crippen molar-refractivity contribution in [2.24, 2.45) is 0 Å². The summed E-state index contributed by atoms with van der Waals surface area (Å²) in [4.78, 5) is 0. The Hall–Kier alpha value is -2.95. The van der Waals surface area contributed by atoms with Gasteiger partial charge in [0.1, 0.15) is 23.2 Å². The number of hydrogen-bond acceptors (Lipinski definition) is 0. The molecule has 0 fully saturated rings. The van der Waals surface area contributed by atoms with Crippen LogP contribution in [0.4, 0.5) is 0 Å². The molecule has 0 unspecified atom stereocenters. The first-order chi connectivity index (χ1) is 14.4. The van der Waals surface area contributed by atoms with Gasteiger partial charge in [-0.25, -0.2) is 0 Å². The maximum Gasteiger partial charge on any atom is 0.115 e. The van der Waals surface area contributed by atoms with Crippen LogP contribution in [0.15, 0.2) is 133 Å². The maximum absolute atomic E-state index is 2.40. The molecule has 1 heteroatoms. The minimum Gasteiger partial charge on any atom is -0.0805 e. The van der Waals surface area contributed by atoms with Crippen molar-refractivity contribution in [1.29, 1.82) is 0 Å². The fourth-order valence-corrected chi connectivity index (χ4v) is 7.91. The molecule has 0 heterocycles. The molecule has 0 nitrogen and oxygen atoms in total. The van der Waals surface area contributed by atoms with E-state index < -0.39 is 7.26 Å². The van der Waals surface area contributed by atoms with Crippen molar-refractivity contribution in [2.75, 3.05) is 6.16 Å². The van der Waals surface area contributed by atoms with Gasteiger partial charge in [0, 0.05) is 0 Å². The van der Waals surface area contributed by atoms with E-state index in [0.29, 0.717) is 0 Å². The van der Waals surface area contributed by atoms with E-state index in [4.69, 9.17) is 0 Å². The van der Waals surface area contributed by atoms with E-state index in [9.17, 15) is 0 Å². The molecule has 0 bridgehead atoms. The molecule has 0 radical (unpaired) electrons. The van der Waals surface area contributed by atoms with Gasteiger partial charge in [-0.3, -0.25) is 0 Å². The van der Waals surface area contributed by atoms with Gasteiger partial charge in [0.15, 0.2) is 0 Å². The monoisotopic (exact) mass is 393 g/mol. The Morgan fingerprint density at radius 2 is 0.828 bits per heavy atom. The highest BCUT2D eigenvalue weighted by molar-refractivity contribution is 7.95. The lowest BCUT2D eigenvalue weighted by Crippen LogP contribution is -2.32. The summed E-state index contributed by atoms with van der Waals surface area (Å²) < 4.78 is 0. The van der Waals surface area contributed by atoms with E-state index in [1.165, 1.54) is 21.5 Å². The Morgan fingerprint density at radius 3 is 1.24 bits per heavy atom. The Labute approximate surface area is 174 Å². The minimum atomic E-state index is -1.76. The van der Waals surface area contributed by atoms with E-state index in [-0.39, 0.29) is 0 Å². The molecule has 0 atom stereocenters. The second kappa shape index (κ2) is 9.50. The van der Waals surface area contributed by atoms with Crippen LogP contribution in [-0.4, -0.2) is 6.16 Å². The lowest BCUT2D eigenvalue weighted by atomic mass is 10.1. The van der Waals surface area contributed by atoms with Crippen molar-refractivity contribution in [1.82, 2.24) is 0 Å². The highest BCUT2D eigenvalue weighted by atomic mass is 31.2. The summed E-state index contributed by atoms with van der Waals surface area (Å²) in [5, 5.41) is 4.30. The van der Waals surface area contributed by atoms with E-state index in [1.54, 1.807) is 0 Å².